The van der Waals surface area contributed by atoms with Crippen LogP contribution in [0.2, 0.25) is 0 Å². The maximum Gasteiger partial charge on any atom is 0.306 e. The van der Waals surface area contributed by atoms with Gasteiger partial charge in [-0.05, 0) is 55.2 Å². The van der Waals surface area contributed by atoms with E-state index in [-0.39, 0.29) is 29.7 Å². The van der Waals surface area contributed by atoms with Crippen LogP contribution in [0.3, 0.4) is 0 Å². The number of aromatic amines is 1. The second kappa shape index (κ2) is 8.69. The van der Waals surface area contributed by atoms with Gasteiger partial charge in [-0.2, -0.15) is 4.39 Å². The fourth-order valence-electron chi connectivity index (χ4n) is 6.06. The molecule has 33 heavy (non-hydrogen) atoms. The van der Waals surface area contributed by atoms with Crippen LogP contribution >= 0.6 is 0 Å². The number of hydrogen-bond donors (Lipinski definition) is 2. The number of likely N-dealkylation sites (tertiary alicyclic amines) is 1. The number of fused-ring (bicyclic) bond motifs is 2. The van der Waals surface area contributed by atoms with Crippen molar-refractivity contribution >= 4 is 22.8 Å². The maximum absolute atomic E-state index is 13.5. The number of amides is 1. The number of H-pyrrole nitrogens is 1. The molecule has 1 saturated heterocycles. The fourth-order valence-corrected chi connectivity index (χ4v) is 6.06. The molecule has 5 rings (SSSR count). The molecule has 1 aromatic carbocycles. The molecular weight excluding hydrogens is 423 g/mol. The van der Waals surface area contributed by atoms with Gasteiger partial charge in [-0.3, -0.25) is 9.59 Å². The van der Waals surface area contributed by atoms with E-state index in [1.165, 1.54) is 6.07 Å². The Kier molecular flexibility index (Phi) is 5.72. The first-order valence-corrected chi connectivity index (χ1v) is 11.8. The molecule has 1 aliphatic carbocycles. The Morgan fingerprint density at radius 2 is 2.06 bits per heavy atom. The lowest BCUT2D eigenvalue weighted by atomic mass is 9.71. The number of rotatable bonds is 5. The fraction of sp³-hybridized carbons (Fsp3) is 0.462. The van der Waals surface area contributed by atoms with Crippen molar-refractivity contribution in [1.82, 2.24) is 9.88 Å². The van der Waals surface area contributed by atoms with Gasteiger partial charge in [-0.25, -0.2) is 0 Å². The third kappa shape index (κ3) is 3.94. The van der Waals surface area contributed by atoms with Crippen molar-refractivity contribution in [2.75, 3.05) is 6.54 Å². The minimum absolute atomic E-state index is 0.0259. The zero-order valence-electron chi connectivity index (χ0n) is 18.7. The van der Waals surface area contributed by atoms with Gasteiger partial charge >= 0.3 is 5.97 Å². The summed E-state index contributed by atoms with van der Waals surface area (Å²) in [6.45, 7) is 2.73. The topological polar surface area (TPSA) is 86.5 Å². The van der Waals surface area contributed by atoms with Crippen LogP contribution in [0.5, 0.6) is 0 Å². The van der Waals surface area contributed by atoms with Gasteiger partial charge in [-0.1, -0.05) is 25.5 Å². The van der Waals surface area contributed by atoms with Crippen LogP contribution in [0.15, 0.2) is 40.9 Å². The van der Waals surface area contributed by atoms with E-state index in [0.717, 1.165) is 47.7 Å². The largest absolute Gasteiger partial charge is 0.481 e. The lowest BCUT2D eigenvalue weighted by Gasteiger charge is -2.46. The van der Waals surface area contributed by atoms with E-state index in [1.54, 1.807) is 6.07 Å². The average Bonchev–Trinajstić information content (AvgIpc) is 3.44. The average molecular weight is 453 g/mol. The number of carbonyl (C=O) groups is 2. The molecule has 3 aromatic rings. The highest BCUT2D eigenvalue weighted by Crippen LogP contribution is 2.41. The van der Waals surface area contributed by atoms with Crippen LogP contribution in [0.25, 0.3) is 22.2 Å². The van der Waals surface area contributed by atoms with Gasteiger partial charge in [0.1, 0.15) is 5.76 Å². The first-order valence-electron chi connectivity index (χ1n) is 11.8. The van der Waals surface area contributed by atoms with Gasteiger partial charge in [0, 0.05) is 47.7 Å². The summed E-state index contributed by atoms with van der Waals surface area (Å²) in [7, 11) is 0. The van der Waals surface area contributed by atoms with Gasteiger partial charge in [0.2, 0.25) is 5.91 Å². The first kappa shape index (κ1) is 21.7. The number of nitrogens with zero attached hydrogens (tertiary/aromatic N) is 1. The Balaban J connectivity index is 1.39. The van der Waals surface area contributed by atoms with Crippen molar-refractivity contribution in [3.8, 4) is 11.3 Å². The van der Waals surface area contributed by atoms with E-state index < -0.39 is 12.0 Å². The Hall–Kier alpha value is -3.09. The van der Waals surface area contributed by atoms with E-state index in [9.17, 15) is 19.1 Å². The number of carboxylic acids is 1. The number of benzene rings is 1. The number of aliphatic carboxylic acids is 1. The highest BCUT2D eigenvalue weighted by molar-refractivity contribution is 5.97. The third-order valence-electron chi connectivity index (χ3n) is 7.59. The number of furan rings is 1. The van der Waals surface area contributed by atoms with Gasteiger partial charge < -0.3 is 19.4 Å². The molecule has 2 aliphatic rings. The standard InChI is InChI=1S/C26H29FN2O4/c1-15(13-24(30)29-12-4-7-16-17(26(31)32)5-3-9-21(16)29)19-14-28-20-8-2-6-18(25(19)20)22-10-11-23(27)33-22/h2,6,8,10-11,14-17,21,28H,3-5,7,9,12-13H2,1H3,(H,31,32)/t15-,16?,17?,21?/m1/s1. The quantitative estimate of drug-likeness (QED) is 0.531. The van der Waals surface area contributed by atoms with Gasteiger partial charge in [-0.15, -0.1) is 0 Å². The number of halogens is 1. The van der Waals surface area contributed by atoms with E-state index in [1.807, 2.05) is 36.2 Å². The highest BCUT2D eigenvalue weighted by atomic mass is 19.1. The van der Waals surface area contributed by atoms with Crippen LogP contribution in [-0.4, -0.2) is 39.5 Å². The maximum atomic E-state index is 13.5. The summed E-state index contributed by atoms with van der Waals surface area (Å²) in [6.07, 6.45) is 6.44. The molecule has 0 spiro atoms. The number of piperidine rings is 1. The predicted molar refractivity (Wildman–Crippen MR) is 122 cm³/mol. The molecule has 2 fully saturated rings. The van der Waals surface area contributed by atoms with Crippen molar-refractivity contribution in [1.29, 1.82) is 0 Å². The normalized spacial score (nSPS) is 23.9. The van der Waals surface area contributed by atoms with E-state index in [0.29, 0.717) is 25.1 Å². The Bertz CT molecular complexity index is 1180. The second-order valence-corrected chi connectivity index (χ2v) is 9.52. The lowest BCUT2D eigenvalue weighted by Crippen LogP contribution is -2.53. The number of aromatic nitrogens is 1. The SMILES string of the molecule is C[C@H](CC(=O)N1CCCC2C(C(=O)O)CCCC21)c1c[nH]c2cccc(-c3ccc(F)o3)c12. The molecule has 6 nitrogen and oxygen atoms in total. The van der Waals surface area contributed by atoms with Crippen LogP contribution in [0, 0.1) is 17.8 Å². The molecule has 3 unspecified atom stereocenters. The van der Waals surface area contributed by atoms with Crippen LogP contribution in [-0.2, 0) is 9.59 Å². The molecule has 4 atom stereocenters. The number of carbonyl (C=O) groups excluding carboxylic acids is 1. The van der Waals surface area contributed by atoms with E-state index in [4.69, 9.17) is 4.42 Å². The summed E-state index contributed by atoms with van der Waals surface area (Å²) in [5.74, 6) is -0.545. The van der Waals surface area contributed by atoms with Crippen molar-refractivity contribution in [2.24, 2.45) is 11.8 Å². The van der Waals surface area contributed by atoms with Crippen LogP contribution in [0.1, 0.15) is 56.9 Å². The summed E-state index contributed by atoms with van der Waals surface area (Å²) in [6, 6.07) is 8.06. The van der Waals surface area contributed by atoms with Gasteiger partial charge in [0.15, 0.2) is 0 Å². The van der Waals surface area contributed by atoms with Crippen molar-refractivity contribution < 1.29 is 23.5 Å². The van der Waals surface area contributed by atoms with Gasteiger partial charge in [0.05, 0.1) is 5.92 Å². The molecular formula is C26H29FN2O4. The van der Waals surface area contributed by atoms with Crippen LogP contribution < -0.4 is 0 Å². The summed E-state index contributed by atoms with van der Waals surface area (Å²) in [5, 5.41) is 10.6. The Morgan fingerprint density at radius 1 is 1.21 bits per heavy atom. The molecule has 2 aromatic heterocycles. The Morgan fingerprint density at radius 3 is 2.82 bits per heavy atom. The zero-order valence-corrected chi connectivity index (χ0v) is 18.7. The molecule has 1 aliphatic heterocycles. The number of hydrogen-bond acceptors (Lipinski definition) is 3. The zero-order chi connectivity index (χ0) is 23.1. The second-order valence-electron chi connectivity index (χ2n) is 9.52. The van der Waals surface area contributed by atoms with Crippen molar-refractivity contribution in [3.05, 3.63) is 48.1 Å². The molecule has 0 bridgehead atoms. The molecule has 1 amide bonds. The van der Waals surface area contributed by atoms with Gasteiger partial charge in [0.25, 0.3) is 6.01 Å². The molecule has 1 saturated carbocycles. The smallest absolute Gasteiger partial charge is 0.306 e. The minimum Gasteiger partial charge on any atom is -0.481 e. The van der Waals surface area contributed by atoms with Crippen LogP contribution in [0.4, 0.5) is 4.39 Å². The highest BCUT2D eigenvalue weighted by Gasteiger charge is 2.43. The molecule has 174 valence electrons. The predicted octanol–water partition coefficient (Wildman–Crippen LogP) is 5.55. The molecule has 3 heterocycles. The minimum atomic E-state index is -0.729. The lowest BCUT2D eigenvalue weighted by molar-refractivity contribution is -0.152. The summed E-state index contributed by atoms with van der Waals surface area (Å²) in [5.41, 5.74) is 2.70. The molecule has 0 radical (unpaired) electrons. The summed E-state index contributed by atoms with van der Waals surface area (Å²) < 4.78 is 18.8. The number of carboxylic acid groups (broad SMARTS) is 1. The number of nitrogens with one attached hydrogen (secondary N) is 1. The molecule has 2 N–H and O–H groups in total. The van der Waals surface area contributed by atoms with Crippen molar-refractivity contribution in [3.63, 3.8) is 0 Å². The van der Waals surface area contributed by atoms with Crippen molar-refractivity contribution in [2.45, 2.75) is 57.4 Å². The third-order valence-corrected chi connectivity index (χ3v) is 7.59. The first-order chi connectivity index (χ1) is 15.9. The molecule has 7 heteroatoms. The van der Waals surface area contributed by atoms with E-state index >= 15 is 0 Å². The Labute approximate surface area is 191 Å². The monoisotopic (exact) mass is 452 g/mol. The summed E-state index contributed by atoms with van der Waals surface area (Å²) >= 11 is 0. The van der Waals surface area contributed by atoms with E-state index in [2.05, 4.69) is 4.98 Å². The summed E-state index contributed by atoms with van der Waals surface area (Å²) in [4.78, 5) is 30.4.